The van der Waals surface area contributed by atoms with Crippen molar-refractivity contribution in [1.82, 2.24) is 29.3 Å². The number of carboxylic acids is 2. The van der Waals surface area contributed by atoms with Crippen LogP contribution in [0.1, 0.15) is 54.5 Å². The molecule has 0 saturated heterocycles. The quantitative estimate of drug-likeness (QED) is 0.107. The van der Waals surface area contributed by atoms with E-state index in [2.05, 4.69) is 67.6 Å². The summed E-state index contributed by atoms with van der Waals surface area (Å²) in [6, 6.07) is 64.6. The zero-order valence-electron chi connectivity index (χ0n) is 40.5. The Morgan fingerprint density at radius 3 is 1.42 bits per heavy atom. The Hall–Kier alpha value is -9.59. The van der Waals surface area contributed by atoms with Gasteiger partial charge in [0, 0.05) is 21.7 Å². The number of aliphatic hydroxyl groups excluding tert-OH is 1. The summed E-state index contributed by atoms with van der Waals surface area (Å²) in [5.41, 5.74) is 12.3. The number of nitrogens with zero attached hydrogens (tertiary/aromatic N) is 6. The van der Waals surface area contributed by atoms with Gasteiger partial charge in [0.1, 0.15) is 29.4 Å². The third-order valence-corrected chi connectivity index (χ3v) is 12.5. The van der Waals surface area contributed by atoms with Crippen molar-refractivity contribution in [1.29, 1.82) is 0 Å². The Balaban J connectivity index is 0.000000127. The first kappa shape index (κ1) is 48.1. The van der Waals surface area contributed by atoms with Gasteiger partial charge in [0.15, 0.2) is 11.5 Å². The van der Waals surface area contributed by atoms with Crippen LogP contribution in [0.4, 0.5) is 0 Å². The highest BCUT2D eigenvalue weighted by atomic mass is 16.4. The molecule has 74 heavy (non-hydrogen) atoms. The smallest absolute Gasteiger partial charge is 0.371 e. The van der Waals surface area contributed by atoms with Crippen LogP contribution in [0.5, 0.6) is 0 Å². The number of aromatic nitrogens is 6. The SMILES string of the molecule is Cc1ccc2c(-c3ccc(C(=O)O)o3)nn(Cc3ccccc3)c2c1.Cc1ccc2c(-c3ccc(CO)o3)nn(Cc3ccccc3)c2c1.O=C(O)c1cccc(-c2nn(Cc3ccccc3)c3ccccc23)c1. The Kier molecular flexibility index (Phi) is 13.9. The standard InChI is InChI=1S/C21H16N2O2.C20H16N2O3.C20H18N2O2/c24-21(25)17-10-6-9-16(13-17)20-18-11-4-5-12-19(18)23(22-20)14-15-7-2-1-3-8-15;1-13-7-8-15-16(11-13)22(12-14-5-3-2-4-6-14)21-19(15)17-9-10-18(25-17)20(23)24;1-14-7-9-17-18(11-14)22(12-15-5-3-2-4-6-15)21-20(17)19-10-8-16(13-23)24-19/h1-13H,14H2,(H,24,25);2-11H,12H2,1H3,(H,23,24);2-11,23H,12-13H2,1H3. The van der Waals surface area contributed by atoms with Crippen molar-refractivity contribution < 1.29 is 33.7 Å². The van der Waals surface area contributed by atoms with Gasteiger partial charge in [0.25, 0.3) is 0 Å². The molecular weight excluding hydrogens is 929 g/mol. The fourth-order valence-corrected chi connectivity index (χ4v) is 8.87. The molecule has 0 atom stereocenters. The van der Waals surface area contributed by atoms with E-state index < -0.39 is 11.9 Å². The number of furan rings is 2. The predicted molar refractivity (Wildman–Crippen MR) is 286 cm³/mol. The van der Waals surface area contributed by atoms with Crippen LogP contribution in [-0.2, 0) is 26.2 Å². The molecule has 3 N–H and O–H groups in total. The minimum Gasteiger partial charge on any atom is -0.478 e. The zero-order chi connectivity index (χ0) is 51.1. The number of hydrogen-bond acceptors (Lipinski definition) is 8. The Morgan fingerprint density at radius 1 is 0.446 bits per heavy atom. The number of aliphatic hydroxyl groups is 1. The van der Waals surface area contributed by atoms with Gasteiger partial charge in [-0.25, -0.2) is 9.59 Å². The van der Waals surface area contributed by atoms with Gasteiger partial charge < -0.3 is 24.2 Å². The van der Waals surface area contributed by atoms with Crippen LogP contribution in [0.25, 0.3) is 66.9 Å². The van der Waals surface area contributed by atoms with E-state index in [9.17, 15) is 19.8 Å². The van der Waals surface area contributed by atoms with Gasteiger partial charge in [-0.3, -0.25) is 14.0 Å². The normalized spacial score (nSPS) is 11.1. The first-order chi connectivity index (χ1) is 36.1. The van der Waals surface area contributed by atoms with E-state index in [1.165, 1.54) is 22.8 Å². The lowest BCUT2D eigenvalue weighted by atomic mass is 10.1. The van der Waals surface area contributed by atoms with Crippen LogP contribution in [0.3, 0.4) is 0 Å². The Bertz CT molecular complexity index is 3910. The molecule has 366 valence electrons. The molecule has 0 aliphatic rings. The monoisotopic (exact) mass is 978 g/mol. The van der Waals surface area contributed by atoms with Gasteiger partial charge in [0.05, 0.1) is 41.7 Å². The van der Waals surface area contributed by atoms with E-state index >= 15 is 0 Å². The van der Waals surface area contributed by atoms with Gasteiger partial charge in [-0.15, -0.1) is 0 Å². The molecule has 13 heteroatoms. The largest absolute Gasteiger partial charge is 0.478 e. The Labute approximate surface area is 425 Å². The fourth-order valence-electron chi connectivity index (χ4n) is 8.87. The van der Waals surface area contributed by atoms with Gasteiger partial charge in [-0.2, -0.15) is 15.3 Å². The van der Waals surface area contributed by atoms with E-state index in [1.54, 1.807) is 30.3 Å². The van der Waals surface area contributed by atoms with Gasteiger partial charge in [0.2, 0.25) is 5.76 Å². The van der Waals surface area contributed by atoms with Crippen LogP contribution in [0.15, 0.2) is 209 Å². The summed E-state index contributed by atoms with van der Waals surface area (Å²) in [7, 11) is 0. The lowest BCUT2D eigenvalue weighted by molar-refractivity contribution is 0.0660. The number of benzene rings is 7. The van der Waals surface area contributed by atoms with E-state index in [4.69, 9.17) is 29.2 Å². The van der Waals surface area contributed by atoms with Gasteiger partial charge in [-0.1, -0.05) is 146 Å². The molecule has 0 unspecified atom stereocenters. The average Bonchev–Trinajstić information content (AvgIpc) is 4.29. The summed E-state index contributed by atoms with van der Waals surface area (Å²) < 4.78 is 17.1. The number of aryl methyl sites for hydroxylation is 2. The molecule has 0 radical (unpaired) electrons. The highest BCUT2D eigenvalue weighted by molar-refractivity contribution is 5.96. The summed E-state index contributed by atoms with van der Waals surface area (Å²) in [6.07, 6.45) is 0. The van der Waals surface area contributed by atoms with E-state index in [-0.39, 0.29) is 17.9 Å². The second-order valence-electron chi connectivity index (χ2n) is 17.8. The molecule has 5 aromatic heterocycles. The third kappa shape index (κ3) is 10.5. The van der Waals surface area contributed by atoms with Crippen molar-refractivity contribution in [2.24, 2.45) is 0 Å². The highest BCUT2D eigenvalue weighted by Gasteiger charge is 2.20. The highest BCUT2D eigenvalue weighted by Crippen LogP contribution is 2.33. The molecule has 0 aliphatic carbocycles. The molecule has 0 saturated carbocycles. The first-order valence-electron chi connectivity index (χ1n) is 24.0. The number of fused-ring (bicyclic) bond motifs is 3. The fraction of sp³-hybridized carbons (Fsp3) is 0.0984. The molecule has 0 bridgehead atoms. The summed E-state index contributed by atoms with van der Waals surface area (Å²) in [5.74, 6) is -0.432. The van der Waals surface area contributed by atoms with Crippen LogP contribution in [0, 0.1) is 13.8 Å². The minimum absolute atomic E-state index is 0.0899. The summed E-state index contributed by atoms with van der Waals surface area (Å²) in [6.45, 7) is 6.01. The van der Waals surface area contributed by atoms with Crippen molar-refractivity contribution in [3.8, 4) is 34.2 Å². The van der Waals surface area contributed by atoms with Gasteiger partial charge >= 0.3 is 11.9 Å². The Morgan fingerprint density at radius 2 is 0.919 bits per heavy atom. The van der Waals surface area contributed by atoms with Crippen molar-refractivity contribution in [3.05, 3.63) is 245 Å². The van der Waals surface area contributed by atoms with E-state index in [1.807, 2.05) is 124 Å². The van der Waals surface area contributed by atoms with Crippen LogP contribution >= 0.6 is 0 Å². The zero-order valence-corrected chi connectivity index (χ0v) is 40.5. The van der Waals surface area contributed by atoms with Gasteiger partial charge in [-0.05, 0) is 96.3 Å². The van der Waals surface area contributed by atoms with Crippen LogP contribution in [0.2, 0.25) is 0 Å². The summed E-state index contributed by atoms with van der Waals surface area (Å²) in [5, 5.41) is 44.8. The molecule has 0 aliphatic heterocycles. The van der Waals surface area contributed by atoms with Crippen molar-refractivity contribution in [2.75, 3.05) is 0 Å². The second kappa shape index (κ2) is 21.4. The molecule has 7 aromatic carbocycles. The molecule has 12 rings (SSSR count). The first-order valence-corrected chi connectivity index (χ1v) is 24.0. The summed E-state index contributed by atoms with van der Waals surface area (Å²) in [4.78, 5) is 22.3. The molecule has 12 aromatic rings. The molecule has 5 heterocycles. The number of carbonyl (C=O) groups is 2. The lowest BCUT2D eigenvalue weighted by Gasteiger charge is -2.04. The summed E-state index contributed by atoms with van der Waals surface area (Å²) >= 11 is 0. The number of para-hydroxylation sites is 1. The minimum atomic E-state index is -1.09. The second-order valence-corrected chi connectivity index (χ2v) is 17.8. The number of hydrogen-bond donors (Lipinski definition) is 3. The third-order valence-electron chi connectivity index (χ3n) is 12.5. The maximum atomic E-state index is 11.3. The molecular formula is C61H50N6O7. The topological polar surface area (TPSA) is 175 Å². The predicted octanol–water partition coefficient (Wildman–Crippen LogP) is 12.9. The number of carboxylic acid groups (broad SMARTS) is 2. The number of rotatable bonds is 12. The van der Waals surface area contributed by atoms with Crippen molar-refractivity contribution in [2.45, 2.75) is 40.1 Å². The maximum Gasteiger partial charge on any atom is 0.371 e. The van der Waals surface area contributed by atoms with E-state index in [0.717, 1.165) is 60.8 Å². The van der Waals surface area contributed by atoms with Crippen molar-refractivity contribution >= 4 is 44.6 Å². The maximum absolute atomic E-state index is 11.3. The van der Waals surface area contributed by atoms with Crippen molar-refractivity contribution in [3.63, 3.8) is 0 Å². The average molecular weight is 979 g/mol. The molecule has 0 amide bonds. The lowest BCUT2D eigenvalue weighted by Crippen LogP contribution is -2.01. The van der Waals surface area contributed by atoms with Crippen LogP contribution in [-0.4, -0.2) is 56.6 Å². The molecule has 0 fully saturated rings. The molecule has 0 spiro atoms. The van der Waals surface area contributed by atoms with Crippen LogP contribution < -0.4 is 0 Å². The molecule has 13 nitrogen and oxygen atoms in total. The number of aromatic carboxylic acids is 2. The van der Waals surface area contributed by atoms with E-state index in [0.29, 0.717) is 42.6 Å².